The Hall–Kier alpha value is -1.44. The van der Waals surface area contributed by atoms with Gasteiger partial charge in [-0.25, -0.2) is 0 Å². The van der Waals surface area contributed by atoms with Crippen molar-refractivity contribution in [3.63, 3.8) is 0 Å². The van der Waals surface area contributed by atoms with E-state index in [-0.39, 0.29) is 0 Å². The molecular weight excluding hydrogens is 152 g/mol. The SMILES string of the molecule is [C]1=Cc2cc3c(cc21)OCCO3. The number of hydrogen-bond acceptors (Lipinski definition) is 2. The summed E-state index contributed by atoms with van der Waals surface area (Å²) in [5.74, 6) is 1.71. The molecule has 59 valence electrons. The average molecular weight is 159 g/mol. The van der Waals surface area contributed by atoms with Gasteiger partial charge in [0, 0.05) is 0 Å². The highest BCUT2D eigenvalue weighted by Gasteiger charge is 2.16. The average Bonchev–Trinajstić information content (AvgIpc) is 2.09. The van der Waals surface area contributed by atoms with Gasteiger partial charge in [0.05, 0.1) is 0 Å². The van der Waals surface area contributed by atoms with E-state index in [1.165, 1.54) is 5.56 Å². The maximum atomic E-state index is 5.42. The van der Waals surface area contributed by atoms with Crippen molar-refractivity contribution in [2.24, 2.45) is 0 Å². The zero-order valence-corrected chi connectivity index (χ0v) is 6.46. The predicted molar refractivity (Wildman–Crippen MR) is 44.2 cm³/mol. The van der Waals surface area contributed by atoms with Crippen molar-refractivity contribution in [2.45, 2.75) is 0 Å². The molecule has 0 aromatic heterocycles. The Labute approximate surface area is 70.4 Å². The number of benzene rings is 1. The molecule has 3 rings (SSSR count). The van der Waals surface area contributed by atoms with E-state index in [1.807, 2.05) is 18.2 Å². The summed E-state index contributed by atoms with van der Waals surface area (Å²) in [6, 6.07) is 3.98. The maximum absolute atomic E-state index is 5.42. The number of fused-ring (bicyclic) bond motifs is 2. The van der Waals surface area contributed by atoms with Crippen molar-refractivity contribution >= 4 is 6.08 Å². The minimum atomic E-state index is 0.648. The van der Waals surface area contributed by atoms with Gasteiger partial charge in [-0.3, -0.25) is 0 Å². The fraction of sp³-hybridized carbons (Fsp3) is 0.200. The third-order valence-electron chi connectivity index (χ3n) is 2.10. The van der Waals surface area contributed by atoms with Gasteiger partial charge in [0.25, 0.3) is 0 Å². The van der Waals surface area contributed by atoms with E-state index < -0.39 is 0 Å². The van der Waals surface area contributed by atoms with Crippen LogP contribution in [-0.2, 0) is 0 Å². The maximum Gasteiger partial charge on any atom is 0.162 e. The van der Waals surface area contributed by atoms with E-state index in [0.717, 1.165) is 17.1 Å². The molecule has 1 radical (unpaired) electrons. The van der Waals surface area contributed by atoms with Crippen molar-refractivity contribution < 1.29 is 9.47 Å². The first-order valence-electron chi connectivity index (χ1n) is 3.97. The van der Waals surface area contributed by atoms with Gasteiger partial charge in [-0.15, -0.1) is 0 Å². The van der Waals surface area contributed by atoms with Crippen LogP contribution in [0.2, 0.25) is 0 Å². The van der Waals surface area contributed by atoms with Gasteiger partial charge in [0.2, 0.25) is 0 Å². The highest BCUT2D eigenvalue weighted by atomic mass is 16.6. The van der Waals surface area contributed by atoms with Crippen molar-refractivity contribution in [1.82, 2.24) is 0 Å². The van der Waals surface area contributed by atoms with Crippen LogP contribution in [0.15, 0.2) is 12.1 Å². The lowest BCUT2D eigenvalue weighted by molar-refractivity contribution is 0.171. The summed E-state index contributed by atoms with van der Waals surface area (Å²) in [6.45, 7) is 1.30. The van der Waals surface area contributed by atoms with Crippen molar-refractivity contribution in [2.75, 3.05) is 13.2 Å². The molecule has 1 aliphatic carbocycles. The molecule has 0 saturated heterocycles. The van der Waals surface area contributed by atoms with Crippen LogP contribution in [0.4, 0.5) is 0 Å². The van der Waals surface area contributed by atoms with Crippen LogP contribution in [0.25, 0.3) is 6.08 Å². The smallest absolute Gasteiger partial charge is 0.162 e. The number of rotatable bonds is 0. The van der Waals surface area contributed by atoms with E-state index >= 15 is 0 Å². The molecule has 1 aliphatic heterocycles. The van der Waals surface area contributed by atoms with E-state index in [1.54, 1.807) is 0 Å². The molecule has 2 heteroatoms. The van der Waals surface area contributed by atoms with Crippen molar-refractivity contribution in [3.8, 4) is 11.5 Å². The molecule has 0 unspecified atom stereocenters. The summed E-state index contributed by atoms with van der Waals surface area (Å²) in [5.41, 5.74) is 2.32. The molecule has 12 heavy (non-hydrogen) atoms. The second-order valence-corrected chi connectivity index (χ2v) is 2.87. The second kappa shape index (κ2) is 2.03. The molecule has 1 aromatic rings. The van der Waals surface area contributed by atoms with Crippen molar-refractivity contribution in [1.29, 1.82) is 0 Å². The molecule has 1 heterocycles. The Morgan fingerprint density at radius 1 is 1.08 bits per heavy atom. The van der Waals surface area contributed by atoms with Gasteiger partial charge < -0.3 is 9.47 Å². The Kier molecular flexibility index (Phi) is 1.04. The van der Waals surface area contributed by atoms with E-state index in [4.69, 9.17) is 9.47 Å². The lowest BCUT2D eigenvalue weighted by atomic mass is 9.97. The van der Waals surface area contributed by atoms with Gasteiger partial charge in [0.15, 0.2) is 11.5 Å². The molecule has 2 nitrogen and oxygen atoms in total. The topological polar surface area (TPSA) is 18.5 Å². The van der Waals surface area contributed by atoms with Gasteiger partial charge in [-0.05, 0) is 35.4 Å². The zero-order valence-electron chi connectivity index (χ0n) is 6.46. The first-order chi connectivity index (χ1) is 5.93. The summed E-state index contributed by atoms with van der Waals surface area (Å²) in [4.78, 5) is 0. The first kappa shape index (κ1) is 6.12. The lowest BCUT2D eigenvalue weighted by Crippen LogP contribution is -2.16. The summed E-state index contributed by atoms with van der Waals surface area (Å²) in [5, 5.41) is 0. The molecule has 1 aromatic carbocycles. The third-order valence-corrected chi connectivity index (χ3v) is 2.10. The number of hydrogen-bond donors (Lipinski definition) is 0. The minimum absolute atomic E-state index is 0.648. The van der Waals surface area contributed by atoms with Gasteiger partial charge in [-0.2, -0.15) is 0 Å². The van der Waals surface area contributed by atoms with Crippen LogP contribution < -0.4 is 9.47 Å². The summed E-state index contributed by atoms with van der Waals surface area (Å²) in [6.07, 6.45) is 5.03. The molecule has 2 aliphatic rings. The molecule has 0 bridgehead atoms. The number of ether oxygens (including phenoxy) is 2. The predicted octanol–water partition coefficient (Wildman–Crippen LogP) is 1.64. The highest BCUT2D eigenvalue weighted by Crippen LogP contribution is 2.36. The first-order valence-corrected chi connectivity index (χ1v) is 3.97. The standard InChI is InChI=1S/C10H7O2/c1-2-8-6-10-9(5-7(1)8)11-3-4-12-10/h1,5-6H,3-4H2. The third kappa shape index (κ3) is 0.694. The van der Waals surface area contributed by atoms with E-state index in [0.29, 0.717) is 13.2 Å². The van der Waals surface area contributed by atoms with Crippen LogP contribution in [-0.4, -0.2) is 13.2 Å². The van der Waals surface area contributed by atoms with Gasteiger partial charge >= 0.3 is 0 Å². The highest BCUT2D eigenvalue weighted by molar-refractivity contribution is 5.70. The quantitative estimate of drug-likeness (QED) is 0.581. The summed E-state index contributed by atoms with van der Waals surface area (Å²) in [7, 11) is 0. The van der Waals surface area contributed by atoms with Crippen LogP contribution in [0.3, 0.4) is 0 Å². The van der Waals surface area contributed by atoms with Crippen LogP contribution in [0.1, 0.15) is 11.1 Å². The molecular formula is C10H7O2. The Bertz CT molecular complexity index is 331. The molecule has 0 fully saturated rings. The Morgan fingerprint density at radius 3 is 2.50 bits per heavy atom. The molecule has 0 atom stereocenters. The van der Waals surface area contributed by atoms with Crippen LogP contribution >= 0.6 is 0 Å². The van der Waals surface area contributed by atoms with Gasteiger partial charge in [-0.1, -0.05) is 0 Å². The van der Waals surface area contributed by atoms with Crippen LogP contribution in [0.5, 0.6) is 11.5 Å². The molecule has 0 amide bonds. The summed E-state index contributed by atoms with van der Waals surface area (Å²) < 4.78 is 10.8. The van der Waals surface area contributed by atoms with E-state index in [2.05, 4.69) is 6.08 Å². The Balaban J connectivity index is 2.16. The normalized spacial score (nSPS) is 16.7. The molecule has 0 saturated carbocycles. The second-order valence-electron chi connectivity index (χ2n) is 2.87. The summed E-state index contributed by atoms with van der Waals surface area (Å²) >= 11 is 0. The minimum Gasteiger partial charge on any atom is -0.486 e. The fourth-order valence-corrected chi connectivity index (χ4v) is 1.43. The van der Waals surface area contributed by atoms with Crippen molar-refractivity contribution in [3.05, 3.63) is 29.3 Å². The Morgan fingerprint density at radius 2 is 1.83 bits per heavy atom. The fourth-order valence-electron chi connectivity index (χ4n) is 1.43. The van der Waals surface area contributed by atoms with E-state index in [9.17, 15) is 0 Å². The van der Waals surface area contributed by atoms with Crippen LogP contribution in [0, 0.1) is 6.08 Å². The van der Waals surface area contributed by atoms with Gasteiger partial charge in [0.1, 0.15) is 13.2 Å². The monoisotopic (exact) mass is 159 g/mol. The molecule has 0 N–H and O–H groups in total. The molecule has 0 spiro atoms. The zero-order chi connectivity index (χ0) is 7.97. The lowest BCUT2D eigenvalue weighted by Gasteiger charge is -2.21. The largest absolute Gasteiger partial charge is 0.486 e.